The number of carbonyl (C=O) groups is 4. The van der Waals surface area contributed by atoms with Crippen LogP contribution in [0.5, 0.6) is 5.75 Å². The molecule has 4 atom stereocenters. The normalized spacial score (nSPS) is 25.4. The molecule has 0 unspecified atom stereocenters. The van der Waals surface area contributed by atoms with Crippen LogP contribution in [0.2, 0.25) is 0 Å². The van der Waals surface area contributed by atoms with Crippen molar-refractivity contribution >= 4 is 34.8 Å². The fourth-order valence-electron chi connectivity index (χ4n) is 6.31. The minimum Gasteiger partial charge on any atom is -0.510 e. The first-order valence-electron chi connectivity index (χ1n) is 13.7. The third kappa shape index (κ3) is 5.24. The van der Waals surface area contributed by atoms with E-state index in [4.69, 9.17) is 10.6 Å². The van der Waals surface area contributed by atoms with Gasteiger partial charge in [0.05, 0.1) is 22.9 Å². The van der Waals surface area contributed by atoms with Gasteiger partial charge >= 0.3 is 0 Å². The summed E-state index contributed by atoms with van der Waals surface area (Å²) >= 11 is 0. The topological polar surface area (TPSA) is 215 Å². The Morgan fingerprint density at radius 3 is 2.30 bits per heavy atom. The molecule has 8 N–H and O–H groups in total. The smallest absolute Gasteiger partial charge is 0.255 e. The van der Waals surface area contributed by atoms with Gasteiger partial charge in [-0.25, -0.2) is 0 Å². The van der Waals surface area contributed by atoms with E-state index in [-0.39, 0.29) is 36.2 Å². The summed E-state index contributed by atoms with van der Waals surface area (Å²) in [5.41, 5.74) is 4.12. The lowest BCUT2D eigenvalue weighted by Gasteiger charge is -2.50. The second kappa shape index (κ2) is 10.9. The van der Waals surface area contributed by atoms with E-state index in [1.807, 2.05) is 0 Å². The van der Waals surface area contributed by atoms with Gasteiger partial charge in [0.15, 0.2) is 17.1 Å². The van der Waals surface area contributed by atoms with Gasteiger partial charge < -0.3 is 36.4 Å². The molecule has 43 heavy (non-hydrogen) atoms. The van der Waals surface area contributed by atoms with Crippen molar-refractivity contribution in [2.75, 3.05) is 45.0 Å². The van der Waals surface area contributed by atoms with E-state index in [2.05, 4.69) is 10.8 Å². The highest BCUT2D eigenvalue weighted by Gasteiger charge is 2.63. The van der Waals surface area contributed by atoms with Gasteiger partial charge in [-0.15, -0.1) is 0 Å². The van der Waals surface area contributed by atoms with E-state index in [0.29, 0.717) is 11.3 Å². The van der Waals surface area contributed by atoms with Crippen molar-refractivity contribution in [2.24, 2.45) is 17.6 Å². The third-order valence-corrected chi connectivity index (χ3v) is 8.07. The minimum atomic E-state index is -2.74. The summed E-state index contributed by atoms with van der Waals surface area (Å²) in [7, 11) is 6.58. The van der Waals surface area contributed by atoms with Crippen molar-refractivity contribution in [1.82, 2.24) is 10.4 Å². The molecule has 0 saturated carbocycles. The van der Waals surface area contributed by atoms with E-state index in [9.17, 15) is 39.6 Å². The van der Waals surface area contributed by atoms with Gasteiger partial charge in [-0.3, -0.25) is 28.9 Å². The lowest BCUT2D eigenvalue weighted by atomic mass is 9.58. The summed E-state index contributed by atoms with van der Waals surface area (Å²) in [6, 6.07) is 0.443. The summed E-state index contributed by atoms with van der Waals surface area (Å²) in [6.07, 6.45) is 0.0855. The first-order chi connectivity index (χ1) is 19.8. The number of ketones is 2. The molecule has 14 nitrogen and oxygen atoms in total. The number of nitrogens with two attached hydrogens (primary N) is 1. The highest BCUT2D eigenvalue weighted by molar-refractivity contribution is 6.25. The molecule has 0 heterocycles. The zero-order valence-corrected chi connectivity index (χ0v) is 25.2. The van der Waals surface area contributed by atoms with Crippen molar-refractivity contribution in [3.05, 3.63) is 39.9 Å². The number of likely N-dealkylation sites (N-methyl/N-ethyl adjacent to an activating group) is 1. The number of nitrogens with zero attached hydrogens (tertiary/aromatic N) is 2. The maximum Gasteiger partial charge on any atom is 0.255 e. The number of hydroxylamine groups is 1. The van der Waals surface area contributed by atoms with Gasteiger partial charge in [0, 0.05) is 31.3 Å². The zero-order chi connectivity index (χ0) is 32.3. The molecule has 2 amide bonds. The predicted octanol–water partition coefficient (Wildman–Crippen LogP) is 0.445. The van der Waals surface area contributed by atoms with E-state index < -0.39 is 75.3 Å². The molecule has 3 aliphatic carbocycles. The summed E-state index contributed by atoms with van der Waals surface area (Å²) < 4.78 is 0. The Labute approximate surface area is 248 Å². The molecule has 14 heteroatoms. The minimum absolute atomic E-state index is 0.0304. The molecule has 0 aromatic heterocycles. The summed E-state index contributed by atoms with van der Waals surface area (Å²) in [4.78, 5) is 60.9. The molecule has 1 aromatic rings. The van der Waals surface area contributed by atoms with Gasteiger partial charge in [0.2, 0.25) is 11.7 Å². The highest BCUT2D eigenvalue weighted by atomic mass is 16.7. The van der Waals surface area contributed by atoms with Crippen LogP contribution < -0.4 is 21.4 Å². The maximum absolute atomic E-state index is 14.1. The number of aliphatic hydroxyl groups excluding tert-OH is 2. The molecule has 0 fully saturated rings. The van der Waals surface area contributed by atoms with Crippen LogP contribution in [0.4, 0.5) is 11.4 Å². The third-order valence-electron chi connectivity index (χ3n) is 8.07. The lowest BCUT2D eigenvalue weighted by molar-refractivity contribution is -0.148. The summed E-state index contributed by atoms with van der Waals surface area (Å²) in [5.74, 6) is -8.03. The lowest BCUT2D eigenvalue weighted by Crippen LogP contribution is -2.63. The Kier molecular flexibility index (Phi) is 8.13. The number of phenolic OH excluding ortho intramolecular Hbond substituents is 1. The molecule has 0 radical (unpaired) electrons. The number of fused-ring (bicyclic) bond motifs is 3. The van der Waals surface area contributed by atoms with E-state index >= 15 is 0 Å². The Morgan fingerprint density at radius 2 is 1.77 bits per heavy atom. The summed E-state index contributed by atoms with van der Waals surface area (Å²) in [5, 5.41) is 48.0. The first kappa shape index (κ1) is 31.9. The SMILES string of the molecule is CN(C)c1cc(NC(=O)CNOC(C)(C)C)c(O)c2c1C[C@H]1C[C@H]3[C@H](N(C)C)C(O)=C(C(N)=O)C(=O)[C@@]3(O)C(O)=C1C2=O. The van der Waals surface area contributed by atoms with Crippen LogP contribution in [-0.4, -0.2) is 101 Å². The van der Waals surface area contributed by atoms with Crippen LogP contribution in [-0.2, 0) is 25.6 Å². The number of hydrogen-bond acceptors (Lipinski definition) is 12. The molecule has 1 aromatic carbocycles. The Hall–Kier alpha value is -3.98. The van der Waals surface area contributed by atoms with Crippen LogP contribution in [0, 0.1) is 11.8 Å². The second-order valence-corrected chi connectivity index (χ2v) is 12.6. The van der Waals surface area contributed by atoms with Crippen LogP contribution in [0.3, 0.4) is 0 Å². The number of rotatable bonds is 7. The molecule has 0 spiro atoms. The fourth-order valence-corrected chi connectivity index (χ4v) is 6.31. The number of amides is 2. The Balaban J connectivity index is 1.83. The van der Waals surface area contributed by atoms with Gasteiger partial charge in [-0.05, 0) is 65.3 Å². The monoisotopic (exact) mass is 601 g/mol. The predicted molar refractivity (Wildman–Crippen MR) is 155 cm³/mol. The number of carbonyl (C=O) groups excluding carboxylic acids is 4. The van der Waals surface area contributed by atoms with Crippen molar-refractivity contribution in [3.8, 4) is 5.75 Å². The quantitative estimate of drug-likeness (QED) is 0.129. The molecule has 3 aliphatic rings. The number of nitrogens with one attached hydrogen (secondary N) is 2. The first-order valence-corrected chi connectivity index (χ1v) is 13.7. The zero-order valence-electron chi connectivity index (χ0n) is 25.2. The molecular weight excluding hydrogens is 562 g/mol. The molecule has 0 saturated heterocycles. The average Bonchev–Trinajstić information content (AvgIpc) is 2.86. The summed E-state index contributed by atoms with van der Waals surface area (Å²) in [6.45, 7) is 5.11. The van der Waals surface area contributed by atoms with Crippen LogP contribution in [0.25, 0.3) is 0 Å². The largest absolute Gasteiger partial charge is 0.510 e. The van der Waals surface area contributed by atoms with Crippen molar-refractivity contribution in [3.63, 3.8) is 0 Å². The number of anilines is 2. The number of benzene rings is 1. The molecule has 0 bridgehead atoms. The van der Waals surface area contributed by atoms with E-state index in [0.717, 1.165) is 0 Å². The van der Waals surface area contributed by atoms with Crippen LogP contribution >= 0.6 is 0 Å². The fraction of sp³-hybridized carbons (Fsp3) is 0.517. The number of phenols is 1. The van der Waals surface area contributed by atoms with Gasteiger partial charge in [-0.1, -0.05) is 0 Å². The van der Waals surface area contributed by atoms with E-state index in [1.54, 1.807) is 53.9 Å². The van der Waals surface area contributed by atoms with Gasteiger partial charge in [-0.2, -0.15) is 5.48 Å². The second-order valence-electron chi connectivity index (χ2n) is 12.6. The average molecular weight is 602 g/mol. The number of Topliss-reactive ketones (excluding diaryl/α,β-unsaturated/α-hetero) is 2. The number of hydrogen-bond donors (Lipinski definition) is 7. The number of primary amides is 1. The maximum atomic E-state index is 14.1. The molecule has 0 aliphatic heterocycles. The van der Waals surface area contributed by atoms with Gasteiger partial charge in [0.25, 0.3) is 5.91 Å². The van der Waals surface area contributed by atoms with Crippen molar-refractivity contribution < 1.29 is 44.4 Å². The Morgan fingerprint density at radius 1 is 1.14 bits per heavy atom. The van der Waals surface area contributed by atoms with E-state index in [1.165, 1.54) is 11.0 Å². The van der Waals surface area contributed by atoms with Gasteiger partial charge in [0.1, 0.15) is 23.6 Å². The van der Waals surface area contributed by atoms with Crippen molar-refractivity contribution in [1.29, 1.82) is 0 Å². The highest BCUT2D eigenvalue weighted by Crippen LogP contribution is 2.53. The number of aromatic hydroxyl groups is 1. The molecule has 4 rings (SSSR count). The van der Waals surface area contributed by atoms with Crippen LogP contribution in [0.1, 0.15) is 43.1 Å². The standard InChI is InChI=1S/C29H39N5O9/c1-28(2,3)43-31-11-17(35)32-15-10-16(33(4)5)13-8-12-9-14-21(34(6)7)24(38)20(27(30)41)26(40)29(14,42)25(39)18(12)23(37)19(13)22(15)36/h10,12,14,21,31,36,38-39,42H,8-9,11H2,1-7H3,(H2,30,41)(H,32,35)/t12-,14-,21-,29-/m0/s1. The Bertz CT molecular complexity index is 1470. The number of allylic oxidation sites excluding steroid dienone is 1. The number of aliphatic hydroxyl groups is 3. The van der Waals surface area contributed by atoms with Crippen molar-refractivity contribution in [2.45, 2.75) is 50.9 Å². The molecule has 234 valence electrons. The van der Waals surface area contributed by atoms with Crippen LogP contribution in [0.15, 0.2) is 28.7 Å². The molecular formula is C29H39N5O9.